The predicted octanol–water partition coefficient (Wildman–Crippen LogP) is 2.95. The number of ether oxygens (including phenoxy) is 1. The number of amides is 2. The molecule has 0 radical (unpaired) electrons. The lowest BCUT2D eigenvalue weighted by atomic mass is 10.2. The second-order valence-electron chi connectivity index (χ2n) is 4.40. The Morgan fingerprint density at radius 1 is 1.56 bits per heavy atom. The predicted molar refractivity (Wildman–Crippen MR) is 72.2 cm³/mol. The Morgan fingerprint density at radius 2 is 2.39 bits per heavy atom. The Morgan fingerprint density at radius 3 is 3.06 bits per heavy atom. The highest BCUT2D eigenvalue weighted by molar-refractivity contribution is 6.33. The first-order valence-electron chi connectivity index (χ1n) is 6.08. The second kappa shape index (κ2) is 6.07. The van der Waals surface area contributed by atoms with Gasteiger partial charge in [-0.2, -0.15) is 0 Å². The van der Waals surface area contributed by atoms with Gasteiger partial charge in [0.15, 0.2) is 0 Å². The van der Waals surface area contributed by atoms with Crippen molar-refractivity contribution in [3.05, 3.63) is 28.8 Å². The van der Waals surface area contributed by atoms with Crippen molar-refractivity contribution < 1.29 is 9.53 Å². The van der Waals surface area contributed by atoms with Crippen molar-refractivity contribution in [2.45, 2.75) is 25.9 Å². The highest BCUT2D eigenvalue weighted by atomic mass is 35.5. The summed E-state index contributed by atoms with van der Waals surface area (Å²) in [4.78, 5) is 11.7. The van der Waals surface area contributed by atoms with E-state index in [9.17, 15) is 4.79 Å². The lowest BCUT2D eigenvalue weighted by molar-refractivity contribution is 0.112. The number of para-hydroxylation sites is 1. The molecule has 0 aliphatic carbocycles. The minimum atomic E-state index is -0.248. The molecule has 2 N–H and O–H groups in total. The average molecular weight is 269 g/mol. The van der Waals surface area contributed by atoms with Gasteiger partial charge in [0.1, 0.15) is 0 Å². The Hall–Kier alpha value is -1.26. The summed E-state index contributed by atoms with van der Waals surface area (Å²) in [7, 11) is 0. The normalized spacial score (nSPS) is 18.7. The third-order valence-corrected chi connectivity index (χ3v) is 3.29. The Kier molecular flexibility index (Phi) is 4.44. The number of halogens is 1. The van der Waals surface area contributed by atoms with E-state index in [0.717, 1.165) is 25.0 Å². The summed E-state index contributed by atoms with van der Waals surface area (Å²) in [6.07, 6.45) is 2.21. The van der Waals surface area contributed by atoms with Gasteiger partial charge in [0.05, 0.1) is 16.8 Å². The summed E-state index contributed by atoms with van der Waals surface area (Å²) in [6, 6.07) is 5.26. The van der Waals surface area contributed by atoms with E-state index in [1.54, 1.807) is 6.07 Å². The molecule has 1 aliphatic rings. The summed E-state index contributed by atoms with van der Waals surface area (Å²) in [5, 5.41) is 6.10. The summed E-state index contributed by atoms with van der Waals surface area (Å²) in [5.41, 5.74) is 1.60. The number of nitrogens with one attached hydrogen (secondary N) is 2. The molecule has 18 heavy (non-hydrogen) atoms. The third kappa shape index (κ3) is 3.37. The minimum absolute atomic E-state index is 0.142. The third-order valence-electron chi connectivity index (χ3n) is 2.97. The zero-order chi connectivity index (χ0) is 13.0. The molecule has 98 valence electrons. The van der Waals surface area contributed by atoms with Crippen LogP contribution >= 0.6 is 11.6 Å². The van der Waals surface area contributed by atoms with Gasteiger partial charge in [-0.25, -0.2) is 4.79 Å². The standard InChI is InChI=1S/C13H17ClN2O2/c1-9-4-2-6-11(14)12(9)16-13(17)15-8-10-5-3-7-18-10/h2,4,6,10H,3,5,7-8H2,1H3,(H2,15,16,17). The molecule has 1 saturated heterocycles. The molecule has 1 heterocycles. The summed E-state index contributed by atoms with van der Waals surface area (Å²) < 4.78 is 5.43. The van der Waals surface area contributed by atoms with Crippen molar-refractivity contribution in [1.82, 2.24) is 5.32 Å². The van der Waals surface area contributed by atoms with Crippen LogP contribution in [0.2, 0.25) is 5.02 Å². The van der Waals surface area contributed by atoms with Crippen LogP contribution in [0, 0.1) is 6.92 Å². The number of hydrogen-bond acceptors (Lipinski definition) is 2. The van der Waals surface area contributed by atoms with E-state index in [2.05, 4.69) is 10.6 Å². The van der Waals surface area contributed by atoms with Crippen LogP contribution in [-0.2, 0) is 4.74 Å². The summed E-state index contributed by atoms with van der Waals surface area (Å²) in [5.74, 6) is 0. The van der Waals surface area contributed by atoms with Gasteiger partial charge < -0.3 is 15.4 Å². The van der Waals surface area contributed by atoms with E-state index >= 15 is 0 Å². The number of aryl methyl sites for hydroxylation is 1. The maximum absolute atomic E-state index is 11.7. The fourth-order valence-corrected chi connectivity index (χ4v) is 2.23. The highest BCUT2D eigenvalue weighted by Crippen LogP contribution is 2.24. The number of carbonyl (C=O) groups is 1. The molecule has 5 heteroatoms. The number of anilines is 1. The monoisotopic (exact) mass is 268 g/mol. The van der Waals surface area contributed by atoms with Gasteiger partial charge in [-0.1, -0.05) is 23.7 Å². The van der Waals surface area contributed by atoms with Gasteiger partial charge in [-0.15, -0.1) is 0 Å². The maximum Gasteiger partial charge on any atom is 0.319 e. The Bertz CT molecular complexity index is 411. The molecule has 2 amide bonds. The van der Waals surface area contributed by atoms with Crippen LogP contribution in [-0.4, -0.2) is 25.3 Å². The molecule has 1 fully saturated rings. The van der Waals surface area contributed by atoms with Crippen LogP contribution in [0.3, 0.4) is 0 Å². The van der Waals surface area contributed by atoms with Gasteiger partial charge in [-0.3, -0.25) is 0 Å². The number of carbonyl (C=O) groups excluding carboxylic acids is 1. The lowest BCUT2D eigenvalue weighted by Crippen LogP contribution is -2.35. The van der Waals surface area contributed by atoms with Crippen molar-refractivity contribution in [3.8, 4) is 0 Å². The lowest BCUT2D eigenvalue weighted by Gasteiger charge is -2.13. The van der Waals surface area contributed by atoms with Crippen molar-refractivity contribution in [2.24, 2.45) is 0 Å². The number of urea groups is 1. The molecule has 1 unspecified atom stereocenters. The molecule has 0 spiro atoms. The fraction of sp³-hybridized carbons (Fsp3) is 0.462. The van der Waals surface area contributed by atoms with E-state index in [-0.39, 0.29) is 12.1 Å². The average Bonchev–Trinajstić information content (AvgIpc) is 2.84. The molecule has 1 atom stereocenters. The zero-order valence-corrected chi connectivity index (χ0v) is 11.1. The fourth-order valence-electron chi connectivity index (χ4n) is 1.96. The molecule has 1 aromatic carbocycles. The van der Waals surface area contributed by atoms with Crippen LogP contribution in [0.1, 0.15) is 18.4 Å². The molecule has 0 bridgehead atoms. The first kappa shape index (κ1) is 13.2. The van der Waals surface area contributed by atoms with E-state index in [1.165, 1.54) is 0 Å². The van der Waals surface area contributed by atoms with E-state index < -0.39 is 0 Å². The van der Waals surface area contributed by atoms with E-state index in [0.29, 0.717) is 17.3 Å². The van der Waals surface area contributed by atoms with Crippen molar-refractivity contribution in [1.29, 1.82) is 0 Å². The van der Waals surface area contributed by atoms with Crippen molar-refractivity contribution >= 4 is 23.3 Å². The molecule has 2 rings (SSSR count). The summed E-state index contributed by atoms with van der Waals surface area (Å²) >= 11 is 6.03. The smallest absolute Gasteiger partial charge is 0.319 e. The van der Waals surface area contributed by atoms with Crippen LogP contribution in [0.15, 0.2) is 18.2 Å². The quantitative estimate of drug-likeness (QED) is 0.886. The molecule has 0 saturated carbocycles. The number of rotatable bonds is 3. The van der Waals surface area contributed by atoms with Gasteiger partial charge in [0.25, 0.3) is 0 Å². The molecule has 1 aromatic rings. The first-order valence-corrected chi connectivity index (χ1v) is 6.46. The number of benzene rings is 1. The second-order valence-corrected chi connectivity index (χ2v) is 4.81. The van der Waals surface area contributed by atoms with E-state index in [1.807, 2.05) is 19.1 Å². The topological polar surface area (TPSA) is 50.4 Å². The van der Waals surface area contributed by atoms with Crippen LogP contribution in [0.5, 0.6) is 0 Å². The SMILES string of the molecule is Cc1cccc(Cl)c1NC(=O)NCC1CCCO1. The van der Waals surface area contributed by atoms with Gasteiger partial charge in [0.2, 0.25) is 0 Å². The summed E-state index contributed by atoms with van der Waals surface area (Å²) in [6.45, 7) is 3.23. The molecular formula is C13H17ClN2O2. The largest absolute Gasteiger partial charge is 0.376 e. The minimum Gasteiger partial charge on any atom is -0.376 e. The highest BCUT2D eigenvalue weighted by Gasteiger charge is 2.16. The number of hydrogen-bond donors (Lipinski definition) is 2. The Balaban J connectivity index is 1.86. The van der Waals surface area contributed by atoms with Gasteiger partial charge in [0, 0.05) is 13.2 Å². The van der Waals surface area contributed by atoms with Crippen LogP contribution in [0.4, 0.5) is 10.5 Å². The van der Waals surface area contributed by atoms with Crippen molar-refractivity contribution in [3.63, 3.8) is 0 Å². The Labute approximate surface area is 112 Å². The molecular weight excluding hydrogens is 252 g/mol. The molecule has 1 aliphatic heterocycles. The molecule has 0 aromatic heterocycles. The van der Waals surface area contributed by atoms with E-state index in [4.69, 9.17) is 16.3 Å². The van der Waals surface area contributed by atoms with Crippen LogP contribution < -0.4 is 10.6 Å². The zero-order valence-electron chi connectivity index (χ0n) is 10.3. The molecule has 4 nitrogen and oxygen atoms in total. The van der Waals surface area contributed by atoms with Gasteiger partial charge in [-0.05, 0) is 31.4 Å². The first-order chi connectivity index (χ1) is 8.66. The van der Waals surface area contributed by atoms with Crippen LogP contribution in [0.25, 0.3) is 0 Å². The van der Waals surface area contributed by atoms with Gasteiger partial charge >= 0.3 is 6.03 Å². The van der Waals surface area contributed by atoms with Crippen molar-refractivity contribution in [2.75, 3.05) is 18.5 Å². The maximum atomic E-state index is 11.7.